The van der Waals surface area contributed by atoms with Crippen LogP contribution in [0.5, 0.6) is 0 Å². The molecule has 9 heteroatoms. The molecule has 0 amide bonds. The Morgan fingerprint density at radius 1 is 1.19 bits per heavy atom. The molecule has 2 aromatic carbocycles. The summed E-state index contributed by atoms with van der Waals surface area (Å²) in [5.74, 6) is -0.563. The van der Waals surface area contributed by atoms with Gasteiger partial charge in [-0.25, -0.2) is 12.8 Å². The van der Waals surface area contributed by atoms with Crippen LogP contribution < -0.4 is 10.5 Å². The van der Waals surface area contributed by atoms with Crippen LogP contribution in [0.25, 0.3) is 0 Å². The minimum Gasteiger partial charge on any atom is -0.398 e. The van der Waals surface area contributed by atoms with Gasteiger partial charge in [0.15, 0.2) is 0 Å². The van der Waals surface area contributed by atoms with Gasteiger partial charge in [0.05, 0.1) is 16.4 Å². The standard InChI is InChI=1S/C12H8Br2ClFN2O2S/c13-6-3-8(14)12(10(17)4-6)21(19,20)18-11-2-1-7(16)5-9(11)15/h1-5,18H,17H2. The highest BCUT2D eigenvalue weighted by Gasteiger charge is 2.22. The summed E-state index contributed by atoms with van der Waals surface area (Å²) in [6, 6.07) is 6.37. The van der Waals surface area contributed by atoms with Crippen molar-refractivity contribution in [3.8, 4) is 0 Å². The van der Waals surface area contributed by atoms with E-state index in [1.165, 1.54) is 12.1 Å². The average Bonchev–Trinajstić information content (AvgIpc) is 2.30. The molecule has 0 aromatic heterocycles. The maximum Gasteiger partial charge on any atom is 0.265 e. The fourth-order valence-electron chi connectivity index (χ4n) is 1.63. The van der Waals surface area contributed by atoms with Crippen LogP contribution in [0.3, 0.4) is 0 Å². The molecule has 3 N–H and O–H groups in total. The summed E-state index contributed by atoms with van der Waals surface area (Å²) in [4.78, 5) is -0.119. The topological polar surface area (TPSA) is 72.2 Å². The molecule has 0 saturated heterocycles. The molecule has 0 aliphatic heterocycles. The van der Waals surface area contributed by atoms with Crippen LogP contribution >= 0.6 is 43.5 Å². The van der Waals surface area contributed by atoms with Gasteiger partial charge in [-0.15, -0.1) is 0 Å². The first-order valence-electron chi connectivity index (χ1n) is 5.43. The van der Waals surface area contributed by atoms with Gasteiger partial charge in [0, 0.05) is 8.95 Å². The molecule has 2 aromatic rings. The lowest BCUT2D eigenvalue weighted by atomic mass is 10.3. The van der Waals surface area contributed by atoms with Crippen molar-refractivity contribution >= 4 is 64.9 Å². The average molecular weight is 459 g/mol. The molecule has 0 spiro atoms. The number of sulfonamides is 1. The van der Waals surface area contributed by atoms with Crippen molar-refractivity contribution in [2.24, 2.45) is 0 Å². The second kappa shape index (κ2) is 6.12. The number of hydrogen-bond donors (Lipinski definition) is 2. The number of anilines is 2. The third-order valence-electron chi connectivity index (χ3n) is 2.48. The van der Waals surface area contributed by atoms with Crippen LogP contribution in [0.1, 0.15) is 0 Å². The van der Waals surface area contributed by atoms with Gasteiger partial charge < -0.3 is 5.73 Å². The van der Waals surface area contributed by atoms with E-state index in [1.807, 2.05) is 0 Å². The highest BCUT2D eigenvalue weighted by atomic mass is 79.9. The molecule has 0 unspecified atom stereocenters. The van der Waals surface area contributed by atoms with Crippen molar-refractivity contribution in [2.75, 3.05) is 10.5 Å². The van der Waals surface area contributed by atoms with E-state index in [0.29, 0.717) is 8.95 Å². The van der Waals surface area contributed by atoms with Crippen molar-refractivity contribution in [2.45, 2.75) is 4.90 Å². The molecular formula is C12H8Br2ClFN2O2S. The predicted molar refractivity (Wildman–Crippen MR) is 88.5 cm³/mol. The molecule has 21 heavy (non-hydrogen) atoms. The second-order valence-electron chi connectivity index (χ2n) is 4.04. The van der Waals surface area contributed by atoms with Gasteiger partial charge in [-0.05, 0) is 46.3 Å². The highest BCUT2D eigenvalue weighted by Crippen LogP contribution is 2.34. The molecule has 4 nitrogen and oxygen atoms in total. The zero-order chi connectivity index (χ0) is 15.8. The Kier molecular flexibility index (Phi) is 4.82. The zero-order valence-electron chi connectivity index (χ0n) is 10.2. The van der Waals surface area contributed by atoms with Crippen LogP contribution in [-0.4, -0.2) is 8.42 Å². The summed E-state index contributed by atoms with van der Waals surface area (Å²) in [6.07, 6.45) is 0. The van der Waals surface area contributed by atoms with Gasteiger partial charge in [-0.3, -0.25) is 4.72 Å². The lowest BCUT2D eigenvalue weighted by molar-refractivity contribution is 0.601. The van der Waals surface area contributed by atoms with Gasteiger partial charge >= 0.3 is 0 Å². The number of hydrogen-bond acceptors (Lipinski definition) is 3. The lowest BCUT2D eigenvalue weighted by Crippen LogP contribution is -2.16. The van der Waals surface area contributed by atoms with Crippen LogP contribution in [-0.2, 0) is 10.0 Å². The van der Waals surface area contributed by atoms with E-state index in [2.05, 4.69) is 36.6 Å². The van der Waals surface area contributed by atoms with Gasteiger partial charge in [0.1, 0.15) is 10.7 Å². The van der Waals surface area contributed by atoms with Crippen LogP contribution in [0, 0.1) is 5.82 Å². The SMILES string of the molecule is Nc1cc(Br)cc(Br)c1S(=O)(=O)Nc1ccc(F)cc1Cl. The molecule has 2 rings (SSSR count). The predicted octanol–water partition coefficient (Wildman–Crippen LogP) is 4.39. The highest BCUT2D eigenvalue weighted by molar-refractivity contribution is 9.11. The Balaban J connectivity index is 2.48. The van der Waals surface area contributed by atoms with Gasteiger partial charge in [0.2, 0.25) is 0 Å². The first-order chi connectivity index (χ1) is 9.70. The van der Waals surface area contributed by atoms with E-state index >= 15 is 0 Å². The molecule has 0 aliphatic rings. The normalized spacial score (nSPS) is 11.4. The first kappa shape index (κ1) is 16.5. The van der Waals surface area contributed by atoms with E-state index in [4.69, 9.17) is 17.3 Å². The minimum absolute atomic E-state index is 0.0506. The van der Waals surface area contributed by atoms with Gasteiger partial charge in [-0.2, -0.15) is 0 Å². The van der Waals surface area contributed by atoms with Gasteiger partial charge in [-0.1, -0.05) is 27.5 Å². The third-order valence-corrected chi connectivity index (χ3v) is 5.62. The molecule has 0 bridgehead atoms. The Hall–Kier alpha value is -0.830. The summed E-state index contributed by atoms with van der Waals surface area (Å²) < 4.78 is 41.0. The number of halogens is 4. The number of nitrogens with one attached hydrogen (secondary N) is 1. The fourth-order valence-corrected chi connectivity index (χ4v) is 5.05. The Morgan fingerprint density at radius 3 is 2.43 bits per heavy atom. The molecule has 0 radical (unpaired) electrons. The number of rotatable bonds is 3. The summed E-state index contributed by atoms with van der Waals surface area (Å²) >= 11 is 12.2. The molecule has 0 atom stereocenters. The number of benzene rings is 2. The van der Waals surface area contributed by atoms with Crippen molar-refractivity contribution in [3.05, 3.63) is 50.1 Å². The summed E-state index contributed by atoms with van der Waals surface area (Å²) in [7, 11) is -3.98. The zero-order valence-corrected chi connectivity index (χ0v) is 14.9. The Morgan fingerprint density at radius 2 is 1.86 bits per heavy atom. The quantitative estimate of drug-likeness (QED) is 0.671. The molecule has 0 fully saturated rings. The minimum atomic E-state index is -3.98. The van der Waals surface area contributed by atoms with Gasteiger partial charge in [0.25, 0.3) is 10.0 Å². The van der Waals surface area contributed by atoms with E-state index in [9.17, 15) is 12.8 Å². The monoisotopic (exact) mass is 456 g/mol. The van der Waals surface area contributed by atoms with Crippen molar-refractivity contribution < 1.29 is 12.8 Å². The maximum atomic E-state index is 13.0. The van der Waals surface area contributed by atoms with E-state index in [0.717, 1.165) is 12.1 Å². The van der Waals surface area contributed by atoms with Crippen molar-refractivity contribution in [1.29, 1.82) is 0 Å². The Labute approximate surface area is 142 Å². The molecular weight excluding hydrogens is 450 g/mol. The summed E-state index contributed by atoms with van der Waals surface area (Å²) in [6.45, 7) is 0. The van der Waals surface area contributed by atoms with Crippen LogP contribution in [0.15, 0.2) is 44.2 Å². The van der Waals surface area contributed by atoms with E-state index < -0.39 is 15.8 Å². The van der Waals surface area contributed by atoms with Crippen LogP contribution in [0.4, 0.5) is 15.8 Å². The smallest absolute Gasteiger partial charge is 0.265 e. The third kappa shape index (κ3) is 3.68. The van der Waals surface area contributed by atoms with Crippen molar-refractivity contribution in [1.82, 2.24) is 0 Å². The largest absolute Gasteiger partial charge is 0.398 e. The number of nitrogen functional groups attached to an aromatic ring is 1. The summed E-state index contributed by atoms with van der Waals surface area (Å²) in [5, 5.41) is -0.0506. The number of nitrogens with two attached hydrogens (primary N) is 1. The van der Waals surface area contributed by atoms with Crippen molar-refractivity contribution in [3.63, 3.8) is 0 Å². The Bertz CT molecular complexity index is 792. The summed E-state index contributed by atoms with van der Waals surface area (Å²) in [5.41, 5.74) is 5.87. The van der Waals surface area contributed by atoms with E-state index in [1.54, 1.807) is 6.07 Å². The lowest BCUT2D eigenvalue weighted by Gasteiger charge is -2.13. The van der Waals surface area contributed by atoms with E-state index in [-0.39, 0.29) is 21.3 Å². The molecule has 112 valence electrons. The molecule has 0 heterocycles. The molecule has 0 aliphatic carbocycles. The molecule has 0 saturated carbocycles. The van der Waals surface area contributed by atoms with Crippen LogP contribution in [0.2, 0.25) is 5.02 Å². The maximum absolute atomic E-state index is 13.0. The fraction of sp³-hybridized carbons (Fsp3) is 0. The first-order valence-corrected chi connectivity index (χ1v) is 8.88. The second-order valence-corrected chi connectivity index (χ2v) is 7.83.